The maximum atomic E-state index is 7.81. The van der Waals surface area contributed by atoms with Crippen LogP contribution in [0, 0.1) is 17.8 Å². The van der Waals surface area contributed by atoms with Gasteiger partial charge in [-0.15, -0.1) is 0 Å². The van der Waals surface area contributed by atoms with Crippen molar-refractivity contribution in [3.63, 3.8) is 0 Å². The van der Waals surface area contributed by atoms with Crippen LogP contribution in [-0.4, -0.2) is 12.8 Å². The second-order valence-electron chi connectivity index (χ2n) is 30.2. The first kappa shape index (κ1) is 48.4. The number of fused-ring (bicyclic) bond motifs is 12. The molecule has 0 N–H and O–H groups in total. The Balaban J connectivity index is 1.13. The van der Waals surface area contributed by atoms with Crippen molar-refractivity contribution < 1.29 is 4.42 Å². The third kappa shape index (κ3) is 6.83. The summed E-state index contributed by atoms with van der Waals surface area (Å²) in [6.07, 6.45) is 14.6. The van der Waals surface area contributed by atoms with Gasteiger partial charge < -0.3 is 14.2 Å². The van der Waals surface area contributed by atoms with Gasteiger partial charge in [-0.2, -0.15) is 0 Å². The largest absolute Gasteiger partial charge is 0.468 e. The number of allylic oxidation sites excluding steroid dienone is 2. The van der Waals surface area contributed by atoms with Crippen LogP contribution < -0.4 is 26.4 Å². The van der Waals surface area contributed by atoms with Crippen LogP contribution in [0.3, 0.4) is 0 Å². The SMILES string of the molecule is Cc1cc2c3c(c1)N(C1C=CC4=C(C1)C(C)(C)CCC4(C)C)c1c(oc4cc5c(cc14)C1(C)CCC5(C)C1)B3c1cc3c(cc1N2c1ccc(C(C)(C)C)cc1-c1ccc(C(C)(C)C)cc1)C(C)(C)CCC3(C)C. The number of hydrogen-bond donors (Lipinski definition) is 0. The zero-order valence-corrected chi connectivity index (χ0v) is 48.3. The molecule has 1 aromatic heterocycles. The van der Waals surface area contributed by atoms with E-state index < -0.39 is 0 Å². The Kier molecular flexibility index (Phi) is 9.84. The molecule has 3 atom stereocenters. The quantitative estimate of drug-likeness (QED) is 0.165. The van der Waals surface area contributed by atoms with Crippen molar-refractivity contribution in [2.75, 3.05) is 9.80 Å². The molecule has 382 valence electrons. The predicted octanol–water partition coefficient (Wildman–Crippen LogP) is 17.3. The van der Waals surface area contributed by atoms with E-state index in [1.54, 1.807) is 16.7 Å². The molecule has 0 amide bonds. The van der Waals surface area contributed by atoms with Crippen molar-refractivity contribution in [1.82, 2.24) is 0 Å². The molecular weight excluding hydrogens is 896 g/mol. The Bertz CT molecular complexity index is 3480. The van der Waals surface area contributed by atoms with Crippen LogP contribution in [0.4, 0.5) is 28.4 Å². The Morgan fingerprint density at radius 3 is 1.82 bits per heavy atom. The molecule has 1 fully saturated rings. The smallest absolute Gasteiger partial charge is 0.297 e. The minimum atomic E-state index is -0.0925. The summed E-state index contributed by atoms with van der Waals surface area (Å²) in [5.41, 5.74) is 27.9. The molecule has 7 aliphatic rings. The zero-order valence-electron chi connectivity index (χ0n) is 48.3. The van der Waals surface area contributed by atoms with Gasteiger partial charge >= 0.3 is 0 Å². The third-order valence-electron chi connectivity index (χ3n) is 20.9. The van der Waals surface area contributed by atoms with Crippen LogP contribution in [0.5, 0.6) is 0 Å². The van der Waals surface area contributed by atoms with Crippen molar-refractivity contribution in [3.8, 4) is 11.1 Å². The average molecular weight is 979 g/mol. The highest BCUT2D eigenvalue weighted by molar-refractivity contribution is 7.00. The van der Waals surface area contributed by atoms with Gasteiger partial charge in [0, 0.05) is 28.0 Å². The summed E-state index contributed by atoms with van der Waals surface area (Å²) in [6.45, 7) is 41.4. The molecule has 5 aromatic carbocycles. The standard InChI is InChI=1S/C70H83BN2O/c1-41-32-57-60-58(33-41)73(55-25-22-44(64(5,6)7)34-46(55)42-18-20-43(21-19-42)63(2,3)4)56-38-51-50(67(12,13)28-29-68(51,14)15)37-54(56)71(60)62-61(47-36-52-53(39-59(47)74-62)70(17)31-30-69(52,16)40-70)72(57)45-23-24-48-49(35-45)66(10,11)27-26-65(48,8)9/h18-25,32-34,36-39,45H,26-31,35,40H2,1-17H3. The van der Waals surface area contributed by atoms with Crippen LogP contribution >= 0.6 is 0 Å². The van der Waals surface area contributed by atoms with E-state index in [9.17, 15) is 0 Å². The van der Waals surface area contributed by atoms with E-state index in [1.807, 2.05) is 0 Å². The predicted molar refractivity (Wildman–Crippen MR) is 317 cm³/mol. The lowest BCUT2D eigenvalue weighted by atomic mass is 9.35. The van der Waals surface area contributed by atoms with Crippen molar-refractivity contribution >= 4 is 62.7 Å². The maximum Gasteiger partial charge on any atom is 0.297 e. The van der Waals surface area contributed by atoms with Crippen LogP contribution in [0.25, 0.3) is 22.1 Å². The minimum Gasteiger partial charge on any atom is -0.468 e. The highest BCUT2D eigenvalue weighted by atomic mass is 16.3. The molecular formula is C70H83BN2O. The molecule has 2 aliphatic heterocycles. The van der Waals surface area contributed by atoms with Crippen LogP contribution in [0.2, 0.25) is 0 Å². The number of rotatable bonds is 3. The Morgan fingerprint density at radius 2 is 1.16 bits per heavy atom. The summed E-state index contributed by atoms with van der Waals surface area (Å²) < 4.78 is 7.81. The number of nitrogens with zero attached hydrogens (tertiary/aromatic N) is 2. The summed E-state index contributed by atoms with van der Waals surface area (Å²) in [5, 5.41) is 1.29. The number of furan rings is 1. The number of hydrogen-bond acceptors (Lipinski definition) is 3. The molecule has 5 aliphatic carbocycles. The zero-order chi connectivity index (χ0) is 52.4. The highest BCUT2D eigenvalue weighted by Crippen LogP contribution is 2.62. The number of anilines is 5. The van der Waals surface area contributed by atoms with Gasteiger partial charge in [0.15, 0.2) is 0 Å². The summed E-state index contributed by atoms with van der Waals surface area (Å²) in [6, 6.07) is 32.6. The van der Waals surface area contributed by atoms with Crippen molar-refractivity contribution in [3.05, 3.63) is 141 Å². The van der Waals surface area contributed by atoms with Gasteiger partial charge in [-0.3, -0.25) is 0 Å². The van der Waals surface area contributed by atoms with Gasteiger partial charge in [-0.05, 0) is 205 Å². The first-order valence-electron chi connectivity index (χ1n) is 28.7. The number of aryl methyl sites for hydroxylation is 1. The fourth-order valence-corrected chi connectivity index (χ4v) is 16.0. The van der Waals surface area contributed by atoms with E-state index in [-0.39, 0.29) is 56.1 Å². The molecule has 1 saturated carbocycles. The Hall–Kier alpha value is -5.22. The van der Waals surface area contributed by atoms with Gasteiger partial charge in [0.2, 0.25) is 0 Å². The second-order valence-corrected chi connectivity index (χ2v) is 30.2. The lowest BCUT2D eigenvalue weighted by Crippen LogP contribution is -2.62. The van der Waals surface area contributed by atoms with E-state index in [4.69, 9.17) is 4.42 Å². The lowest BCUT2D eigenvalue weighted by molar-refractivity contribution is 0.256. The Labute approximate surface area is 445 Å². The topological polar surface area (TPSA) is 19.6 Å². The van der Waals surface area contributed by atoms with Gasteiger partial charge in [0.25, 0.3) is 6.71 Å². The van der Waals surface area contributed by atoms with Gasteiger partial charge in [-0.1, -0.05) is 165 Å². The van der Waals surface area contributed by atoms with E-state index in [0.29, 0.717) is 0 Å². The molecule has 0 saturated heterocycles. The molecule has 2 bridgehead atoms. The van der Waals surface area contributed by atoms with Crippen LogP contribution in [0.1, 0.15) is 201 Å². The molecule has 0 radical (unpaired) electrons. The van der Waals surface area contributed by atoms with E-state index in [1.165, 1.54) is 121 Å². The highest BCUT2D eigenvalue weighted by Gasteiger charge is 2.55. The van der Waals surface area contributed by atoms with Crippen molar-refractivity contribution in [2.45, 2.75) is 208 Å². The van der Waals surface area contributed by atoms with Crippen molar-refractivity contribution in [1.29, 1.82) is 0 Å². The van der Waals surface area contributed by atoms with Crippen molar-refractivity contribution in [2.24, 2.45) is 10.8 Å². The molecule has 0 spiro atoms. The molecule has 4 heteroatoms. The first-order chi connectivity index (χ1) is 34.5. The molecule has 13 rings (SSSR count). The van der Waals surface area contributed by atoms with Gasteiger partial charge in [0.05, 0.1) is 23.1 Å². The minimum absolute atomic E-state index is 0.0215. The van der Waals surface area contributed by atoms with Gasteiger partial charge in [0.1, 0.15) is 5.58 Å². The second kappa shape index (κ2) is 15.0. The summed E-state index contributed by atoms with van der Waals surface area (Å²) in [4.78, 5) is 5.54. The van der Waals surface area contributed by atoms with Gasteiger partial charge in [-0.25, -0.2) is 0 Å². The molecule has 3 nitrogen and oxygen atoms in total. The monoisotopic (exact) mass is 979 g/mol. The average Bonchev–Trinajstić information content (AvgIpc) is 3.94. The van der Waals surface area contributed by atoms with Crippen LogP contribution in [-0.2, 0) is 32.5 Å². The molecule has 3 heterocycles. The summed E-state index contributed by atoms with van der Waals surface area (Å²) in [5.74, 6) is 0. The Morgan fingerprint density at radius 1 is 0.568 bits per heavy atom. The number of benzene rings is 5. The van der Waals surface area contributed by atoms with E-state index in [0.717, 1.165) is 30.5 Å². The first-order valence-corrected chi connectivity index (χ1v) is 28.7. The summed E-state index contributed by atoms with van der Waals surface area (Å²) >= 11 is 0. The lowest BCUT2D eigenvalue weighted by Gasteiger charge is -2.49. The van der Waals surface area contributed by atoms with E-state index >= 15 is 0 Å². The normalized spacial score (nSPS) is 25.4. The van der Waals surface area contributed by atoms with Crippen LogP contribution in [0.15, 0.2) is 107 Å². The fraction of sp³-hybridized carbons (Fsp3) is 0.486. The molecule has 3 unspecified atom stereocenters. The molecule has 6 aromatic rings. The summed E-state index contributed by atoms with van der Waals surface area (Å²) in [7, 11) is 0. The van der Waals surface area contributed by atoms with E-state index in [2.05, 4.69) is 219 Å². The fourth-order valence-electron chi connectivity index (χ4n) is 16.0. The molecule has 74 heavy (non-hydrogen) atoms. The maximum absolute atomic E-state index is 7.81. The third-order valence-corrected chi connectivity index (χ3v) is 20.9.